The number of aryl methyl sites for hydroxylation is 1. The van der Waals surface area contributed by atoms with Crippen molar-refractivity contribution in [2.75, 3.05) is 42.1 Å². The lowest BCUT2D eigenvalue weighted by atomic mass is 9.95. The standard InChI is InChI=1S/C32H34F3N7O3/c1-4-42-17-22(5-9-27-15-23-14-21(20(3)36)6-12-28(23)44-27)24(18-42)16-37-29-13-19(2)38-30(40-29)41-31(43)39-25-7-10-26(11-8-25)45-32(33,34)35/h5-15,22,24,36H,4,16-18H2,1-3H3,(H3,37,38,39,40,41,43)/b9-5+,36-20?. The molecule has 10 nitrogen and oxygen atoms in total. The molecule has 45 heavy (non-hydrogen) atoms. The van der Waals surface area contributed by atoms with E-state index in [1.165, 1.54) is 12.1 Å². The van der Waals surface area contributed by atoms with Gasteiger partial charge in [0.25, 0.3) is 0 Å². The monoisotopic (exact) mass is 621 g/mol. The van der Waals surface area contributed by atoms with E-state index < -0.39 is 18.1 Å². The van der Waals surface area contributed by atoms with Crippen LogP contribution in [0.3, 0.4) is 0 Å². The lowest BCUT2D eigenvalue weighted by Crippen LogP contribution is -2.24. The topological polar surface area (TPSA) is 128 Å². The molecule has 2 atom stereocenters. The molecule has 2 aromatic heterocycles. The van der Waals surface area contributed by atoms with Crippen LogP contribution in [-0.2, 0) is 0 Å². The summed E-state index contributed by atoms with van der Waals surface area (Å²) < 4.78 is 47.0. The van der Waals surface area contributed by atoms with E-state index in [2.05, 4.69) is 48.6 Å². The van der Waals surface area contributed by atoms with Crippen LogP contribution < -0.4 is 20.7 Å². The number of carbonyl (C=O) groups excluding carboxylic acids is 1. The summed E-state index contributed by atoms with van der Waals surface area (Å²) in [5.41, 5.74) is 3.06. The first-order chi connectivity index (χ1) is 21.4. The first kappa shape index (κ1) is 31.5. The Bertz CT molecular complexity index is 1700. The van der Waals surface area contributed by atoms with Gasteiger partial charge in [0, 0.05) is 48.2 Å². The molecule has 0 aliphatic carbocycles. The largest absolute Gasteiger partial charge is 0.573 e. The van der Waals surface area contributed by atoms with Crippen molar-refractivity contribution in [2.45, 2.75) is 27.1 Å². The van der Waals surface area contributed by atoms with Crippen molar-refractivity contribution in [1.82, 2.24) is 14.9 Å². The summed E-state index contributed by atoms with van der Waals surface area (Å²) in [4.78, 5) is 23.6. The number of urea groups is 1. The minimum absolute atomic E-state index is 0.0799. The smallest absolute Gasteiger partial charge is 0.457 e. The number of ether oxygens (including phenoxy) is 1. The van der Waals surface area contributed by atoms with Gasteiger partial charge in [-0.2, -0.15) is 4.98 Å². The van der Waals surface area contributed by atoms with Crippen molar-refractivity contribution in [3.63, 3.8) is 0 Å². The number of hydrogen-bond acceptors (Lipinski definition) is 8. The average molecular weight is 622 g/mol. The van der Waals surface area contributed by atoms with Gasteiger partial charge in [-0.05, 0) is 92.4 Å². The third-order valence-corrected chi connectivity index (χ3v) is 7.46. The predicted molar refractivity (Wildman–Crippen MR) is 168 cm³/mol. The highest BCUT2D eigenvalue weighted by atomic mass is 19.4. The summed E-state index contributed by atoms with van der Waals surface area (Å²) in [7, 11) is 0. The van der Waals surface area contributed by atoms with E-state index in [-0.39, 0.29) is 23.5 Å². The Kier molecular flexibility index (Phi) is 9.37. The Morgan fingerprint density at radius 3 is 2.60 bits per heavy atom. The van der Waals surface area contributed by atoms with Crippen LogP contribution in [-0.4, -0.2) is 59.2 Å². The predicted octanol–water partition coefficient (Wildman–Crippen LogP) is 7.15. The second kappa shape index (κ2) is 13.4. The highest BCUT2D eigenvalue weighted by molar-refractivity contribution is 6.00. The van der Waals surface area contributed by atoms with E-state index in [0.29, 0.717) is 23.8 Å². The second-order valence-electron chi connectivity index (χ2n) is 10.9. The molecule has 4 aromatic rings. The Morgan fingerprint density at radius 2 is 1.89 bits per heavy atom. The lowest BCUT2D eigenvalue weighted by molar-refractivity contribution is -0.274. The molecule has 2 unspecified atom stereocenters. The van der Waals surface area contributed by atoms with Crippen LogP contribution in [0.5, 0.6) is 5.75 Å². The van der Waals surface area contributed by atoms with Crippen molar-refractivity contribution in [2.24, 2.45) is 11.8 Å². The third kappa shape index (κ3) is 8.60. The molecule has 0 bridgehead atoms. The fourth-order valence-corrected chi connectivity index (χ4v) is 5.23. The zero-order valence-corrected chi connectivity index (χ0v) is 25.0. The zero-order valence-electron chi connectivity index (χ0n) is 25.0. The molecule has 13 heteroatoms. The number of aromatic nitrogens is 2. The quantitative estimate of drug-likeness (QED) is 0.138. The summed E-state index contributed by atoms with van der Waals surface area (Å²) in [5.74, 6) is 1.56. The van der Waals surface area contributed by atoms with Gasteiger partial charge in [0.2, 0.25) is 5.95 Å². The number of furan rings is 1. The van der Waals surface area contributed by atoms with Crippen LogP contribution in [0.1, 0.15) is 30.9 Å². The first-order valence-corrected chi connectivity index (χ1v) is 14.5. The number of nitrogens with zero attached hydrogens (tertiary/aromatic N) is 3. The number of halogens is 3. The van der Waals surface area contributed by atoms with Gasteiger partial charge >= 0.3 is 12.4 Å². The zero-order chi connectivity index (χ0) is 32.1. The number of carbonyl (C=O) groups is 1. The molecule has 0 radical (unpaired) electrons. The minimum Gasteiger partial charge on any atom is -0.457 e. The minimum atomic E-state index is -4.80. The summed E-state index contributed by atoms with van der Waals surface area (Å²) in [6.07, 6.45) is -0.597. The molecule has 2 aromatic carbocycles. The summed E-state index contributed by atoms with van der Waals surface area (Å²) in [6.45, 7) is 9.09. The molecular formula is C32H34F3N7O3. The maximum Gasteiger partial charge on any atom is 0.573 e. The van der Waals surface area contributed by atoms with Gasteiger partial charge in [-0.3, -0.25) is 5.32 Å². The fraction of sp³-hybridized carbons (Fsp3) is 0.312. The molecule has 5 rings (SSSR count). The third-order valence-electron chi connectivity index (χ3n) is 7.46. The number of benzene rings is 2. The van der Waals surface area contributed by atoms with Crippen molar-refractivity contribution < 1.29 is 27.1 Å². The molecule has 1 fully saturated rings. The number of nitrogens with one attached hydrogen (secondary N) is 4. The van der Waals surface area contributed by atoms with Crippen molar-refractivity contribution in [3.8, 4) is 5.75 Å². The van der Waals surface area contributed by atoms with Gasteiger partial charge in [0.05, 0.1) is 0 Å². The van der Waals surface area contributed by atoms with Crippen LogP contribution in [0.2, 0.25) is 0 Å². The van der Waals surface area contributed by atoms with Crippen molar-refractivity contribution in [1.29, 1.82) is 5.41 Å². The van der Waals surface area contributed by atoms with Crippen molar-refractivity contribution in [3.05, 3.63) is 77.7 Å². The number of amides is 2. The molecular weight excluding hydrogens is 587 g/mol. The number of rotatable bonds is 10. The van der Waals surface area contributed by atoms with Gasteiger partial charge in [-0.15, -0.1) is 13.2 Å². The van der Waals surface area contributed by atoms with E-state index in [4.69, 9.17) is 9.83 Å². The Balaban J connectivity index is 1.20. The van der Waals surface area contributed by atoms with Crippen LogP contribution in [0.15, 0.2) is 65.1 Å². The van der Waals surface area contributed by atoms with E-state index >= 15 is 0 Å². The van der Waals surface area contributed by atoms with Crippen LogP contribution in [0.25, 0.3) is 17.0 Å². The van der Waals surface area contributed by atoms with Gasteiger partial charge in [0.1, 0.15) is 22.9 Å². The molecule has 4 N–H and O–H groups in total. The highest BCUT2D eigenvalue weighted by Gasteiger charge is 2.31. The summed E-state index contributed by atoms with van der Waals surface area (Å²) in [5, 5.41) is 17.3. The van der Waals surface area contributed by atoms with E-state index in [0.717, 1.165) is 54.1 Å². The molecule has 2 amide bonds. The molecule has 0 spiro atoms. The van der Waals surface area contributed by atoms with Gasteiger partial charge in [0.15, 0.2) is 0 Å². The summed E-state index contributed by atoms with van der Waals surface area (Å²) in [6, 6.07) is 13.7. The lowest BCUT2D eigenvalue weighted by Gasteiger charge is -2.17. The van der Waals surface area contributed by atoms with Gasteiger partial charge in [-0.1, -0.05) is 13.0 Å². The Labute approximate surface area is 258 Å². The molecule has 0 saturated carbocycles. The maximum absolute atomic E-state index is 12.5. The average Bonchev–Trinajstić information content (AvgIpc) is 3.57. The van der Waals surface area contributed by atoms with Gasteiger partial charge in [-0.25, -0.2) is 9.78 Å². The Morgan fingerprint density at radius 1 is 1.11 bits per heavy atom. The first-order valence-electron chi connectivity index (χ1n) is 14.5. The Hall–Kier alpha value is -4.91. The summed E-state index contributed by atoms with van der Waals surface area (Å²) >= 11 is 0. The number of alkyl halides is 3. The number of fused-ring (bicyclic) bond motifs is 1. The second-order valence-corrected chi connectivity index (χ2v) is 10.9. The van der Waals surface area contributed by atoms with Crippen LogP contribution >= 0.6 is 0 Å². The van der Waals surface area contributed by atoms with Crippen molar-refractivity contribution >= 4 is 46.2 Å². The maximum atomic E-state index is 12.5. The fourth-order valence-electron chi connectivity index (χ4n) is 5.23. The molecule has 1 aliphatic heterocycles. The van der Waals surface area contributed by atoms with E-state index in [9.17, 15) is 18.0 Å². The number of anilines is 3. The SMILES string of the molecule is CCN1CC(/C=C/c2cc3cc(C(C)=N)ccc3o2)C(CNc2cc(C)nc(NC(=O)Nc3ccc(OC(F)(F)F)cc3)n2)C1. The van der Waals surface area contributed by atoms with E-state index in [1.54, 1.807) is 19.9 Å². The highest BCUT2D eigenvalue weighted by Crippen LogP contribution is 2.28. The molecule has 1 saturated heterocycles. The van der Waals surface area contributed by atoms with Crippen LogP contribution in [0.4, 0.5) is 35.4 Å². The normalized spacial score (nSPS) is 17.1. The van der Waals surface area contributed by atoms with Crippen LogP contribution in [0, 0.1) is 24.2 Å². The van der Waals surface area contributed by atoms with E-state index in [1.807, 2.05) is 30.3 Å². The van der Waals surface area contributed by atoms with Gasteiger partial charge < -0.3 is 30.1 Å². The number of likely N-dealkylation sites (tertiary alicyclic amines) is 1. The molecule has 236 valence electrons. The molecule has 1 aliphatic rings. The molecule has 3 heterocycles. The number of hydrogen-bond donors (Lipinski definition) is 4.